The molecule has 0 aromatic carbocycles. The molecule has 0 aliphatic rings. The standard InChI is InChI=1S/C23H43N3O7S2/c1-21(2,3)32-19(30)25-15(18(28)29)12-10-11-13-24-17(27)16(14-34-35-23(7,8)9)26-20(31)33-22(4,5)6/h15-16H,10-14H2,1-9H3,(H,24,27)(H,25,30)(H,26,31)(H,28,29)/t15?,16-/m0/s1. The van der Waals surface area contributed by atoms with E-state index in [0.717, 1.165) is 0 Å². The summed E-state index contributed by atoms with van der Waals surface area (Å²) < 4.78 is 10.4. The summed E-state index contributed by atoms with van der Waals surface area (Å²) in [5.74, 6) is -1.15. The number of amides is 3. The average molecular weight is 538 g/mol. The molecule has 3 amide bonds. The van der Waals surface area contributed by atoms with Crippen molar-refractivity contribution in [1.29, 1.82) is 0 Å². The monoisotopic (exact) mass is 537 g/mol. The quantitative estimate of drug-likeness (QED) is 0.211. The Hall–Kier alpha value is -1.82. The molecule has 1 unspecified atom stereocenters. The number of aliphatic carboxylic acids is 1. The largest absolute Gasteiger partial charge is 0.480 e. The molecule has 204 valence electrons. The number of carbonyl (C=O) groups is 4. The van der Waals surface area contributed by atoms with E-state index in [1.807, 2.05) is 0 Å². The summed E-state index contributed by atoms with van der Waals surface area (Å²) in [5.41, 5.74) is -1.42. The SMILES string of the molecule is CC(C)(C)OC(=O)NC(CCCCNC(=O)[C@H](CSSC(C)(C)C)NC(=O)OC(C)(C)C)C(=O)O. The number of carboxylic acids is 1. The van der Waals surface area contributed by atoms with E-state index in [0.29, 0.717) is 25.1 Å². The van der Waals surface area contributed by atoms with E-state index in [2.05, 4.69) is 36.7 Å². The second kappa shape index (κ2) is 14.7. The van der Waals surface area contributed by atoms with Crippen LogP contribution in [0.5, 0.6) is 0 Å². The molecule has 0 aliphatic carbocycles. The van der Waals surface area contributed by atoms with Crippen molar-refractivity contribution >= 4 is 45.7 Å². The van der Waals surface area contributed by atoms with Crippen molar-refractivity contribution in [3.8, 4) is 0 Å². The molecule has 0 radical (unpaired) electrons. The maximum Gasteiger partial charge on any atom is 0.408 e. The third-order valence-corrected chi connectivity index (χ3v) is 7.11. The number of nitrogens with one attached hydrogen (secondary N) is 3. The molecule has 0 spiro atoms. The Bertz CT molecular complexity index is 713. The Morgan fingerprint density at radius 2 is 1.29 bits per heavy atom. The zero-order valence-corrected chi connectivity index (χ0v) is 24.0. The van der Waals surface area contributed by atoms with Gasteiger partial charge in [-0.05, 0) is 60.8 Å². The van der Waals surface area contributed by atoms with Gasteiger partial charge < -0.3 is 30.5 Å². The molecular weight excluding hydrogens is 494 g/mol. The van der Waals surface area contributed by atoms with Crippen LogP contribution in [0.4, 0.5) is 9.59 Å². The van der Waals surface area contributed by atoms with Gasteiger partial charge in [0, 0.05) is 17.0 Å². The molecule has 4 N–H and O–H groups in total. The van der Waals surface area contributed by atoms with Gasteiger partial charge in [0.25, 0.3) is 0 Å². The fourth-order valence-electron chi connectivity index (χ4n) is 2.43. The summed E-state index contributed by atoms with van der Waals surface area (Å²) in [4.78, 5) is 48.2. The van der Waals surface area contributed by atoms with Gasteiger partial charge in [-0.25, -0.2) is 14.4 Å². The Morgan fingerprint density at radius 1 is 0.800 bits per heavy atom. The van der Waals surface area contributed by atoms with Crippen LogP contribution in [0, 0.1) is 0 Å². The highest BCUT2D eigenvalue weighted by Gasteiger charge is 2.26. The highest BCUT2D eigenvalue weighted by molar-refractivity contribution is 8.77. The van der Waals surface area contributed by atoms with Crippen LogP contribution < -0.4 is 16.0 Å². The number of hydrogen-bond acceptors (Lipinski definition) is 8. The van der Waals surface area contributed by atoms with E-state index >= 15 is 0 Å². The minimum Gasteiger partial charge on any atom is -0.480 e. The lowest BCUT2D eigenvalue weighted by atomic mass is 10.1. The summed E-state index contributed by atoms with van der Waals surface area (Å²) in [6, 6.07) is -1.88. The number of alkyl carbamates (subject to hydrolysis) is 2. The van der Waals surface area contributed by atoms with E-state index in [1.54, 1.807) is 52.3 Å². The van der Waals surface area contributed by atoms with Crippen LogP contribution in [0.2, 0.25) is 0 Å². The summed E-state index contributed by atoms with van der Waals surface area (Å²) in [5, 5.41) is 17.1. The average Bonchev–Trinajstić information content (AvgIpc) is 2.61. The maximum atomic E-state index is 12.7. The van der Waals surface area contributed by atoms with E-state index in [1.165, 1.54) is 10.8 Å². The second-order valence-electron chi connectivity index (χ2n) is 11.0. The molecule has 0 aliphatic heterocycles. The van der Waals surface area contributed by atoms with Crippen molar-refractivity contribution in [2.24, 2.45) is 0 Å². The van der Waals surface area contributed by atoms with Crippen molar-refractivity contribution in [1.82, 2.24) is 16.0 Å². The van der Waals surface area contributed by atoms with Crippen molar-refractivity contribution in [2.45, 2.75) is 110 Å². The fraction of sp³-hybridized carbons (Fsp3) is 0.826. The minimum absolute atomic E-state index is 0.00830. The number of ether oxygens (including phenoxy) is 2. The lowest BCUT2D eigenvalue weighted by molar-refractivity contribution is -0.139. The normalized spacial score (nSPS) is 13.9. The van der Waals surface area contributed by atoms with Crippen LogP contribution in [0.3, 0.4) is 0 Å². The van der Waals surface area contributed by atoms with Gasteiger partial charge in [0.1, 0.15) is 23.3 Å². The Morgan fingerprint density at radius 3 is 1.71 bits per heavy atom. The van der Waals surface area contributed by atoms with Gasteiger partial charge in [-0.2, -0.15) is 0 Å². The number of unbranched alkanes of at least 4 members (excludes halogenated alkanes) is 1. The van der Waals surface area contributed by atoms with Crippen LogP contribution in [-0.4, -0.2) is 69.5 Å². The predicted octanol–water partition coefficient (Wildman–Crippen LogP) is 4.32. The van der Waals surface area contributed by atoms with Gasteiger partial charge in [-0.15, -0.1) is 0 Å². The Balaban J connectivity index is 4.72. The summed E-state index contributed by atoms with van der Waals surface area (Å²) in [7, 11) is 3.09. The van der Waals surface area contributed by atoms with E-state index in [4.69, 9.17) is 9.47 Å². The van der Waals surface area contributed by atoms with Crippen LogP contribution in [-0.2, 0) is 19.1 Å². The van der Waals surface area contributed by atoms with Crippen LogP contribution >= 0.6 is 21.6 Å². The van der Waals surface area contributed by atoms with Crippen molar-refractivity contribution < 1.29 is 33.8 Å². The van der Waals surface area contributed by atoms with Crippen LogP contribution in [0.1, 0.15) is 81.6 Å². The number of carboxylic acid groups (broad SMARTS) is 1. The third kappa shape index (κ3) is 19.1. The summed E-state index contributed by atoms with van der Waals surface area (Å²) in [6.45, 7) is 16.8. The number of hydrogen-bond donors (Lipinski definition) is 4. The first-order valence-corrected chi connectivity index (χ1v) is 13.9. The van der Waals surface area contributed by atoms with Gasteiger partial charge in [0.2, 0.25) is 5.91 Å². The number of rotatable bonds is 12. The van der Waals surface area contributed by atoms with Gasteiger partial charge >= 0.3 is 18.2 Å². The highest BCUT2D eigenvalue weighted by Crippen LogP contribution is 2.35. The Labute approximate surface area is 217 Å². The molecule has 0 aromatic rings. The molecule has 0 fully saturated rings. The first-order chi connectivity index (χ1) is 15.8. The molecular formula is C23H43N3O7S2. The molecule has 0 aromatic heterocycles. The van der Waals surface area contributed by atoms with Crippen molar-refractivity contribution in [3.05, 3.63) is 0 Å². The van der Waals surface area contributed by atoms with E-state index in [-0.39, 0.29) is 17.1 Å². The predicted molar refractivity (Wildman–Crippen MR) is 141 cm³/mol. The fourth-order valence-corrected chi connectivity index (χ4v) is 4.89. The summed E-state index contributed by atoms with van der Waals surface area (Å²) in [6.07, 6.45) is -0.334. The minimum atomic E-state index is -1.16. The van der Waals surface area contributed by atoms with Gasteiger partial charge in [-0.3, -0.25) is 4.79 Å². The molecule has 12 heteroatoms. The lowest BCUT2D eigenvalue weighted by Gasteiger charge is -2.24. The maximum absolute atomic E-state index is 12.7. The second-order valence-corrected chi connectivity index (χ2v) is 14.2. The molecule has 10 nitrogen and oxygen atoms in total. The highest BCUT2D eigenvalue weighted by atomic mass is 33.1. The zero-order chi connectivity index (χ0) is 27.4. The van der Waals surface area contributed by atoms with Gasteiger partial charge in [0.05, 0.1) is 0 Å². The Kier molecular flexibility index (Phi) is 13.9. The van der Waals surface area contributed by atoms with Crippen molar-refractivity contribution in [3.63, 3.8) is 0 Å². The molecule has 0 rings (SSSR count). The molecule has 0 saturated heterocycles. The van der Waals surface area contributed by atoms with Gasteiger partial charge in [-0.1, -0.05) is 42.4 Å². The first kappa shape index (κ1) is 33.2. The lowest BCUT2D eigenvalue weighted by Crippen LogP contribution is -2.49. The zero-order valence-electron chi connectivity index (χ0n) is 22.4. The topological polar surface area (TPSA) is 143 Å². The molecule has 0 bridgehead atoms. The van der Waals surface area contributed by atoms with Gasteiger partial charge in [0.15, 0.2) is 0 Å². The summed E-state index contributed by atoms with van der Waals surface area (Å²) >= 11 is 0. The van der Waals surface area contributed by atoms with E-state index in [9.17, 15) is 24.3 Å². The third-order valence-electron chi connectivity index (χ3n) is 3.76. The van der Waals surface area contributed by atoms with Crippen molar-refractivity contribution in [2.75, 3.05) is 12.3 Å². The molecule has 35 heavy (non-hydrogen) atoms. The van der Waals surface area contributed by atoms with E-state index < -0.39 is 41.4 Å². The smallest absolute Gasteiger partial charge is 0.408 e. The van der Waals surface area contributed by atoms with Crippen LogP contribution in [0.15, 0.2) is 0 Å². The molecule has 2 atom stereocenters. The van der Waals surface area contributed by atoms with Crippen LogP contribution in [0.25, 0.3) is 0 Å². The first-order valence-electron chi connectivity index (χ1n) is 11.6. The molecule has 0 saturated carbocycles. The number of carbonyl (C=O) groups excluding carboxylic acids is 3. The molecule has 0 heterocycles.